The Labute approximate surface area is 185 Å². The lowest BCUT2D eigenvalue weighted by atomic mass is 9.99. The molecule has 2 aromatic rings. The molecule has 1 atom stereocenters. The van der Waals surface area contributed by atoms with Crippen LogP contribution in [0.25, 0.3) is 11.1 Å². The van der Waals surface area contributed by atoms with E-state index >= 15 is 0 Å². The van der Waals surface area contributed by atoms with E-state index in [9.17, 15) is 4.79 Å². The number of aryl methyl sites for hydroxylation is 1. The van der Waals surface area contributed by atoms with Crippen LogP contribution in [0, 0.1) is 5.41 Å². The minimum atomic E-state index is -0.0890. The predicted octanol–water partition coefficient (Wildman–Crippen LogP) is 4.12. The summed E-state index contributed by atoms with van der Waals surface area (Å²) in [5, 5.41) is 12.6. The first-order chi connectivity index (χ1) is 13.9. The molecule has 0 spiro atoms. The first-order valence-electron chi connectivity index (χ1n) is 9.47. The van der Waals surface area contributed by atoms with Crippen LogP contribution in [-0.4, -0.2) is 45.5 Å². The number of rotatable bonds is 7. The standard InChI is InChI=1S/C22H25IN4O2/c1-15(10-16(2)22(28)27-9-8-20(14-27)29-23)21(24)11-17-4-6-18(7-5-17)19-12-25-26(3)13-19/h4-7,10,12-13,20,24H,2,8-9,11,14H2,1,3H3/b15-10+,24-21?/t20-/m1/s1. The summed E-state index contributed by atoms with van der Waals surface area (Å²) in [4.78, 5) is 14.3. The zero-order valence-corrected chi connectivity index (χ0v) is 18.8. The Morgan fingerprint density at radius 3 is 2.69 bits per heavy atom. The molecule has 0 bridgehead atoms. The monoisotopic (exact) mass is 504 g/mol. The van der Waals surface area contributed by atoms with E-state index < -0.39 is 0 Å². The lowest BCUT2D eigenvalue weighted by Gasteiger charge is -2.16. The van der Waals surface area contributed by atoms with Crippen LogP contribution < -0.4 is 0 Å². The average Bonchev–Trinajstić information content (AvgIpc) is 3.36. The van der Waals surface area contributed by atoms with Crippen molar-refractivity contribution in [3.05, 3.63) is 66.0 Å². The lowest BCUT2D eigenvalue weighted by Crippen LogP contribution is -2.30. The Morgan fingerprint density at radius 2 is 2.10 bits per heavy atom. The van der Waals surface area contributed by atoms with Crippen LogP contribution >= 0.6 is 23.0 Å². The van der Waals surface area contributed by atoms with Crippen molar-refractivity contribution < 1.29 is 7.86 Å². The minimum Gasteiger partial charge on any atom is -0.336 e. The topological polar surface area (TPSA) is 71.2 Å². The number of hydrogen-bond donors (Lipinski definition) is 1. The van der Waals surface area contributed by atoms with Gasteiger partial charge in [0.05, 0.1) is 12.3 Å². The smallest absolute Gasteiger partial charge is 0.253 e. The summed E-state index contributed by atoms with van der Waals surface area (Å²) in [7, 11) is 1.90. The van der Waals surface area contributed by atoms with E-state index in [2.05, 4.69) is 11.7 Å². The Balaban J connectivity index is 1.59. The third kappa shape index (κ3) is 5.42. The third-order valence-corrected chi connectivity index (χ3v) is 5.79. The maximum Gasteiger partial charge on any atom is 0.253 e. The number of likely N-dealkylation sites (tertiary alicyclic amines) is 1. The molecular weight excluding hydrogens is 479 g/mol. The number of carbonyl (C=O) groups is 1. The van der Waals surface area contributed by atoms with E-state index in [1.807, 2.05) is 73.6 Å². The molecule has 1 amide bonds. The number of nitrogens with one attached hydrogen (secondary N) is 1. The summed E-state index contributed by atoms with van der Waals surface area (Å²) in [6.45, 7) is 7.04. The van der Waals surface area contributed by atoms with Crippen molar-refractivity contribution in [3.63, 3.8) is 0 Å². The van der Waals surface area contributed by atoms with Crippen LogP contribution in [0.5, 0.6) is 0 Å². The van der Waals surface area contributed by atoms with Gasteiger partial charge in [0.1, 0.15) is 23.0 Å². The lowest BCUT2D eigenvalue weighted by molar-refractivity contribution is -0.125. The Morgan fingerprint density at radius 1 is 1.38 bits per heavy atom. The highest BCUT2D eigenvalue weighted by Crippen LogP contribution is 2.20. The van der Waals surface area contributed by atoms with Crippen molar-refractivity contribution >= 4 is 34.6 Å². The van der Waals surface area contributed by atoms with Crippen molar-refractivity contribution in [2.45, 2.75) is 25.9 Å². The van der Waals surface area contributed by atoms with E-state index in [-0.39, 0.29) is 12.0 Å². The van der Waals surface area contributed by atoms with Crippen molar-refractivity contribution in [3.8, 4) is 11.1 Å². The molecule has 1 N–H and O–H groups in total. The maximum absolute atomic E-state index is 12.5. The number of aromatic nitrogens is 2. The molecule has 0 aliphatic carbocycles. The van der Waals surface area contributed by atoms with E-state index in [1.54, 1.807) is 15.7 Å². The second kappa shape index (κ2) is 9.49. The molecule has 7 heteroatoms. The van der Waals surface area contributed by atoms with Gasteiger partial charge >= 0.3 is 0 Å². The van der Waals surface area contributed by atoms with Gasteiger partial charge in [0.2, 0.25) is 0 Å². The molecule has 29 heavy (non-hydrogen) atoms. The quantitative estimate of drug-likeness (QED) is 0.267. The number of amides is 1. The van der Waals surface area contributed by atoms with E-state index in [0.29, 0.717) is 30.8 Å². The van der Waals surface area contributed by atoms with Gasteiger partial charge in [-0.3, -0.25) is 9.48 Å². The van der Waals surface area contributed by atoms with Crippen LogP contribution in [-0.2, 0) is 21.3 Å². The summed E-state index contributed by atoms with van der Waals surface area (Å²) in [5.74, 6) is -0.0890. The van der Waals surface area contributed by atoms with Gasteiger partial charge in [-0.05, 0) is 36.1 Å². The Bertz CT molecular complexity index is 946. The van der Waals surface area contributed by atoms with Gasteiger partial charge in [-0.25, -0.2) is 0 Å². The van der Waals surface area contributed by atoms with Gasteiger partial charge in [-0.1, -0.05) is 30.8 Å². The Kier molecular flexibility index (Phi) is 7.02. The van der Waals surface area contributed by atoms with Crippen molar-refractivity contribution in [2.75, 3.05) is 13.1 Å². The molecule has 3 rings (SSSR count). The van der Waals surface area contributed by atoms with E-state index in [1.165, 1.54) is 0 Å². The largest absolute Gasteiger partial charge is 0.336 e. The highest BCUT2D eigenvalue weighted by molar-refractivity contribution is 14.1. The SMILES string of the molecule is C=C(/C=C(\C)C(=N)Cc1ccc(-c2cnn(C)c2)cc1)C(=O)N1CC[C@@H](OI)C1. The predicted molar refractivity (Wildman–Crippen MR) is 123 cm³/mol. The summed E-state index contributed by atoms with van der Waals surface area (Å²) < 4.78 is 7.06. The molecule has 1 aromatic heterocycles. The summed E-state index contributed by atoms with van der Waals surface area (Å²) in [6, 6.07) is 8.14. The number of hydrogen-bond acceptors (Lipinski definition) is 4. The number of carbonyl (C=O) groups excluding carboxylic acids is 1. The highest BCUT2D eigenvalue weighted by Gasteiger charge is 2.27. The van der Waals surface area contributed by atoms with Gasteiger partial charge in [0.25, 0.3) is 5.91 Å². The van der Waals surface area contributed by atoms with Crippen LogP contribution in [0.15, 0.2) is 60.5 Å². The molecule has 1 aliphatic rings. The first kappa shape index (κ1) is 21.4. The normalized spacial score (nSPS) is 16.9. The van der Waals surface area contributed by atoms with Gasteiger partial charge in [0.15, 0.2) is 0 Å². The zero-order chi connectivity index (χ0) is 21.0. The van der Waals surface area contributed by atoms with Crippen LogP contribution in [0.3, 0.4) is 0 Å². The first-order valence-corrected chi connectivity index (χ1v) is 10.3. The molecule has 152 valence electrons. The number of halogens is 1. The van der Waals surface area contributed by atoms with Crippen molar-refractivity contribution in [1.29, 1.82) is 5.41 Å². The second-order valence-corrected chi connectivity index (χ2v) is 7.87. The van der Waals surface area contributed by atoms with E-state index in [4.69, 9.17) is 8.48 Å². The summed E-state index contributed by atoms with van der Waals surface area (Å²) in [5.41, 5.74) is 4.85. The number of allylic oxidation sites excluding steroid dienone is 1. The van der Waals surface area contributed by atoms with Crippen LogP contribution in [0.2, 0.25) is 0 Å². The fourth-order valence-electron chi connectivity index (χ4n) is 3.33. The maximum atomic E-state index is 12.5. The molecule has 0 unspecified atom stereocenters. The van der Waals surface area contributed by atoms with Crippen molar-refractivity contribution in [1.82, 2.24) is 14.7 Å². The molecule has 1 saturated heterocycles. The third-order valence-electron chi connectivity index (χ3n) is 5.07. The summed E-state index contributed by atoms with van der Waals surface area (Å²) >= 11 is 1.88. The molecule has 1 aromatic carbocycles. The van der Waals surface area contributed by atoms with Gasteiger partial charge in [-0.2, -0.15) is 5.10 Å². The molecule has 1 aliphatic heterocycles. The fraction of sp³-hybridized carbons (Fsp3) is 0.318. The van der Waals surface area contributed by atoms with Crippen LogP contribution in [0.1, 0.15) is 18.9 Å². The fourth-order valence-corrected chi connectivity index (χ4v) is 3.74. The molecule has 0 radical (unpaired) electrons. The minimum absolute atomic E-state index is 0.0883. The van der Waals surface area contributed by atoms with Gasteiger partial charge in [0, 0.05) is 49.6 Å². The van der Waals surface area contributed by atoms with Crippen molar-refractivity contribution in [2.24, 2.45) is 7.05 Å². The highest BCUT2D eigenvalue weighted by atomic mass is 127. The summed E-state index contributed by atoms with van der Waals surface area (Å²) in [6.07, 6.45) is 6.96. The average molecular weight is 504 g/mol. The molecule has 2 heterocycles. The molecule has 0 saturated carbocycles. The molecule has 1 fully saturated rings. The Hall–Kier alpha value is -2.26. The number of nitrogens with zero attached hydrogens (tertiary/aromatic N) is 3. The molecule has 6 nitrogen and oxygen atoms in total. The van der Waals surface area contributed by atoms with Crippen LogP contribution in [0.4, 0.5) is 0 Å². The van der Waals surface area contributed by atoms with Gasteiger partial charge in [-0.15, -0.1) is 0 Å². The van der Waals surface area contributed by atoms with E-state index in [0.717, 1.165) is 28.7 Å². The second-order valence-electron chi connectivity index (χ2n) is 7.36. The molecular formula is C22H25IN4O2. The van der Waals surface area contributed by atoms with Gasteiger partial charge < -0.3 is 13.4 Å². The number of benzene rings is 1. The zero-order valence-electron chi connectivity index (χ0n) is 16.7.